The number of rotatable bonds is 5. The zero-order valence-corrected chi connectivity index (χ0v) is 10.1. The molecule has 2 N–H and O–H groups in total. The molecule has 0 heterocycles. The molecule has 0 aliphatic carbocycles. The van der Waals surface area contributed by atoms with Crippen molar-refractivity contribution >= 4 is 0 Å². The summed E-state index contributed by atoms with van der Waals surface area (Å²) in [4.78, 5) is 0. The van der Waals surface area contributed by atoms with Gasteiger partial charge in [-0.15, -0.1) is 0 Å². The molecular formula is C9H20O2Sc. The summed E-state index contributed by atoms with van der Waals surface area (Å²) in [6.45, 7) is 5.86. The van der Waals surface area contributed by atoms with Crippen LogP contribution in [-0.2, 0) is 25.8 Å². The van der Waals surface area contributed by atoms with Crippen LogP contribution in [0.25, 0.3) is 0 Å². The van der Waals surface area contributed by atoms with Crippen molar-refractivity contribution in [2.75, 3.05) is 0 Å². The molecule has 0 aliphatic heterocycles. The Labute approximate surface area is 94.2 Å². The number of hydrogen-bond acceptors (Lipinski definition) is 2. The van der Waals surface area contributed by atoms with Crippen LogP contribution in [0.4, 0.5) is 0 Å². The van der Waals surface area contributed by atoms with E-state index in [4.69, 9.17) is 0 Å². The minimum absolute atomic E-state index is 0. The Morgan fingerprint density at radius 3 is 1.92 bits per heavy atom. The van der Waals surface area contributed by atoms with Crippen LogP contribution in [0.15, 0.2) is 0 Å². The van der Waals surface area contributed by atoms with Crippen LogP contribution in [0.2, 0.25) is 0 Å². The van der Waals surface area contributed by atoms with Gasteiger partial charge in [-0.25, -0.2) is 0 Å². The van der Waals surface area contributed by atoms with E-state index in [1.54, 1.807) is 0 Å². The van der Waals surface area contributed by atoms with Gasteiger partial charge in [0.05, 0.1) is 12.2 Å². The molecule has 71 valence electrons. The fraction of sp³-hybridized carbons (Fsp3) is 1.00. The summed E-state index contributed by atoms with van der Waals surface area (Å²) < 4.78 is 0. The summed E-state index contributed by atoms with van der Waals surface area (Å²) in [5.74, 6) is 0.0138. The maximum Gasteiger partial charge on any atom is 0.0590 e. The molecule has 0 aromatic heterocycles. The van der Waals surface area contributed by atoms with Crippen LogP contribution >= 0.6 is 0 Å². The van der Waals surface area contributed by atoms with E-state index in [2.05, 4.69) is 0 Å². The normalized spacial score (nSPS) is 17.8. The first-order valence-corrected chi connectivity index (χ1v) is 4.49. The number of hydrogen-bond donors (Lipinski definition) is 2. The number of aliphatic hydroxyl groups excluding tert-OH is 2. The van der Waals surface area contributed by atoms with Gasteiger partial charge < -0.3 is 10.2 Å². The van der Waals surface area contributed by atoms with Crippen LogP contribution < -0.4 is 0 Å². The second-order valence-electron chi connectivity index (χ2n) is 3.19. The summed E-state index contributed by atoms with van der Waals surface area (Å²) >= 11 is 0. The molecule has 0 rings (SSSR count). The first-order chi connectivity index (χ1) is 5.13. The fourth-order valence-electron chi connectivity index (χ4n) is 1.19. The first-order valence-electron chi connectivity index (χ1n) is 4.49. The summed E-state index contributed by atoms with van der Waals surface area (Å²) in [5.41, 5.74) is 0. The fourth-order valence-corrected chi connectivity index (χ4v) is 1.19. The third-order valence-corrected chi connectivity index (χ3v) is 2.22. The average Bonchev–Trinajstić information content (AvgIpc) is 2.02. The SMILES string of the molecule is CCCC(O)C(C)C(O)CC.[Sc]. The van der Waals surface area contributed by atoms with Crippen molar-refractivity contribution in [2.45, 2.75) is 52.2 Å². The van der Waals surface area contributed by atoms with Gasteiger partial charge in [0.15, 0.2) is 0 Å². The van der Waals surface area contributed by atoms with Crippen LogP contribution in [0.5, 0.6) is 0 Å². The van der Waals surface area contributed by atoms with Crippen molar-refractivity contribution < 1.29 is 36.1 Å². The first kappa shape index (κ1) is 15.3. The third kappa shape index (κ3) is 5.44. The smallest absolute Gasteiger partial charge is 0.0590 e. The average molecular weight is 205 g/mol. The van der Waals surface area contributed by atoms with Crippen molar-refractivity contribution in [3.05, 3.63) is 0 Å². The second-order valence-corrected chi connectivity index (χ2v) is 3.19. The van der Waals surface area contributed by atoms with E-state index in [1.807, 2.05) is 20.8 Å². The predicted molar refractivity (Wildman–Crippen MR) is 46.4 cm³/mol. The van der Waals surface area contributed by atoms with Gasteiger partial charge in [0.1, 0.15) is 0 Å². The van der Waals surface area contributed by atoms with Gasteiger partial charge >= 0.3 is 0 Å². The molecular weight excluding hydrogens is 185 g/mol. The molecule has 3 heteroatoms. The van der Waals surface area contributed by atoms with E-state index in [1.165, 1.54) is 0 Å². The standard InChI is InChI=1S/C9H20O2.Sc/c1-4-6-9(11)7(3)8(10)5-2;/h7-11H,4-6H2,1-3H3;. The zero-order chi connectivity index (χ0) is 8.85. The van der Waals surface area contributed by atoms with E-state index in [0.717, 1.165) is 19.3 Å². The summed E-state index contributed by atoms with van der Waals surface area (Å²) in [6, 6.07) is 0. The Morgan fingerprint density at radius 1 is 1.08 bits per heavy atom. The van der Waals surface area contributed by atoms with Gasteiger partial charge in [-0.2, -0.15) is 0 Å². The minimum Gasteiger partial charge on any atom is -0.393 e. The van der Waals surface area contributed by atoms with Crippen molar-refractivity contribution in [3.8, 4) is 0 Å². The molecule has 12 heavy (non-hydrogen) atoms. The van der Waals surface area contributed by atoms with Crippen molar-refractivity contribution in [2.24, 2.45) is 5.92 Å². The molecule has 0 bridgehead atoms. The molecule has 0 saturated carbocycles. The Kier molecular flexibility index (Phi) is 10.7. The van der Waals surface area contributed by atoms with Gasteiger partial charge in [-0.05, 0) is 12.8 Å². The van der Waals surface area contributed by atoms with Crippen LogP contribution in [0, 0.1) is 5.92 Å². The van der Waals surface area contributed by atoms with Gasteiger partial charge in [0, 0.05) is 31.8 Å². The monoisotopic (exact) mass is 205 g/mol. The maximum atomic E-state index is 9.46. The van der Waals surface area contributed by atoms with Crippen molar-refractivity contribution in [1.82, 2.24) is 0 Å². The van der Waals surface area contributed by atoms with Crippen LogP contribution in [0.1, 0.15) is 40.0 Å². The molecule has 1 radical (unpaired) electrons. The molecule has 0 saturated heterocycles. The molecule has 0 fully saturated rings. The minimum atomic E-state index is -0.350. The molecule has 3 unspecified atom stereocenters. The Balaban J connectivity index is 0. The Hall–Kier alpha value is 0.790. The molecule has 0 aromatic carbocycles. The molecule has 0 aromatic rings. The van der Waals surface area contributed by atoms with Crippen LogP contribution in [0.3, 0.4) is 0 Å². The van der Waals surface area contributed by atoms with Crippen molar-refractivity contribution in [3.63, 3.8) is 0 Å². The van der Waals surface area contributed by atoms with E-state index in [-0.39, 0.29) is 44.0 Å². The molecule has 0 amide bonds. The predicted octanol–water partition coefficient (Wildman–Crippen LogP) is 1.55. The van der Waals surface area contributed by atoms with E-state index in [0.29, 0.717) is 0 Å². The zero-order valence-electron chi connectivity index (χ0n) is 8.33. The van der Waals surface area contributed by atoms with Crippen molar-refractivity contribution in [1.29, 1.82) is 0 Å². The molecule has 3 atom stereocenters. The largest absolute Gasteiger partial charge is 0.393 e. The molecule has 0 spiro atoms. The molecule has 0 aliphatic rings. The maximum absolute atomic E-state index is 9.46. The van der Waals surface area contributed by atoms with Gasteiger partial charge in [0.2, 0.25) is 0 Å². The Bertz CT molecular complexity index is 98.5. The summed E-state index contributed by atoms with van der Waals surface area (Å²) in [6.07, 6.45) is 1.80. The topological polar surface area (TPSA) is 40.5 Å². The van der Waals surface area contributed by atoms with E-state index >= 15 is 0 Å². The second kappa shape index (κ2) is 8.39. The quantitative estimate of drug-likeness (QED) is 0.715. The summed E-state index contributed by atoms with van der Waals surface area (Å²) in [7, 11) is 0. The summed E-state index contributed by atoms with van der Waals surface area (Å²) in [5, 5.41) is 18.8. The van der Waals surface area contributed by atoms with Crippen LogP contribution in [-0.4, -0.2) is 22.4 Å². The van der Waals surface area contributed by atoms with E-state index in [9.17, 15) is 10.2 Å². The van der Waals surface area contributed by atoms with E-state index < -0.39 is 0 Å². The number of aliphatic hydroxyl groups is 2. The van der Waals surface area contributed by atoms with Gasteiger partial charge in [-0.1, -0.05) is 27.2 Å². The molecule has 2 nitrogen and oxygen atoms in total. The third-order valence-electron chi connectivity index (χ3n) is 2.22. The van der Waals surface area contributed by atoms with Gasteiger partial charge in [-0.3, -0.25) is 0 Å². The Morgan fingerprint density at radius 2 is 1.58 bits per heavy atom. The van der Waals surface area contributed by atoms with Gasteiger partial charge in [0.25, 0.3) is 0 Å².